The predicted octanol–water partition coefficient (Wildman–Crippen LogP) is 6.56. The van der Waals surface area contributed by atoms with Crippen LogP contribution in [0.4, 0.5) is 5.69 Å². The van der Waals surface area contributed by atoms with Gasteiger partial charge in [-0.05, 0) is 91.3 Å². The number of benzene rings is 4. The van der Waals surface area contributed by atoms with Gasteiger partial charge in [0.05, 0.1) is 35.5 Å². The van der Waals surface area contributed by atoms with E-state index in [4.69, 9.17) is 16.3 Å². The number of ether oxygens (including phenoxy) is 1. The van der Waals surface area contributed by atoms with E-state index in [0.29, 0.717) is 41.3 Å². The molecule has 0 unspecified atom stereocenters. The highest BCUT2D eigenvalue weighted by atomic mass is 35.5. The van der Waals surface area contributed by atoms with Gasteiger partial charge >= 0.3 is 0 Å². The predicted molar refractivity (Wildman–Crippen MR) is 194 cm³/mol. The highest BCUT2D eigenvalue weighted by molar-refractivity contribution is 6.32. The van der Waals surface area contributed by atoms with Crippen LogP contribution in [0.2, 0.25) is 5.02 Å². The zero-order valence-corrected chi connectivity index (χ0v) is 29.2. The van der Waals surface area contributed by atoms with Crippen molar-refractivity contribution in [2.75, 3.05) is 18.1 Å². The lowest BCUT2D eigenvalue weighted by Gasteiger charge is -2.50. The number of halogens is 1. The molecule has 2 aliphatic carbocycles. The molecule has 52 heavy (non-hydrogen) atoms. The first kappa shape index (κ1) is 33.7. The Labute approximate surface area is 306 Å². The normalized spacial score (nSPS) is 26.6. The van der Waals surface area contributed by atoms with Gasteiger partial charge in [-0.1, -0.05) is 77.8 Å². The molecule has 4 aromatic rings. The van der Waals surface area contributed by atoms with Crippen LogP contribution in [-0.4, -0.2) is 51.9 Å². The van der Waals surface area contributed by atoms with Gasteiger partial charge in [0.25, 0.3) is 0 Å². The van der Waals surface area contributed by atoms with Crippen molar-refractivity contribution in [2.45, 2.75) is 37.5 Å². The molecule has 3 fully saturated rings. The maximum Gasteiger partial charge on any atom is 0.246 e. The first-order chi connectivity index (χ1) is 25.1. The maximum atomic E-state index is 15.4. The van der Waals surface area contributed by atoms with E-state index >= 15 is 4.79 Å². The Bertz CT molecular complexity index is 2130. The number of hydrogen-bond acceptors (Lipinski definition) is 7. The Morgan fingerprint density at radius 2 is 1.62 bits per heavy atom. The van der Waals surface area contributed by atoms with Crippen molar-refractivity contribution < 1.29 is 34.1 Å². The number of hydrogen-bond donors (Lipinski definition) is 2. The SMILES string of the molecule is CCOc1cc([C@H]2C3=CC[C@@H]4C(=O)N(CCc5ccc(O)cc5)C(=O)[C@@H]4[C@@H]3C[C@H]3C(=O)N(c4cccc(Cl)c4)C(=O)[C@@]23c2ccccc2)ccc1O. The fourth-order valence-electron chi connectivity index (χ4n) is 9.29. The van der Waals surface area contributed by atoms with Gasteiger partial charge in [0.2, 0.25) is 23.6 Å². The zero-order valence-electron chi connectivity index (χ0n) is 28.4. The zero-order chi connectivity index (χ0) is 36.3. The third-order valence-corrected chi connectivity index (χ3v) is 11.7. The van der Waals surface area contributed by atoms with Crippen LogP contribution in [-0.2, 0) is 31.0 Å². The summed E-state index contributed by atoms with van der Waals surface area (Å²) in [6.07, 6.45) is 2.93. The summed E-state index contributed by atoms with van der Waals surface area (Å²) < 4.78 is 5.82. The van der Waals surface area contributed by atoms with E-state index in [2.05, 4.69) is 0 Å². The molecule has 6 atom stereocenters. The molecule has 2 saturated heterocycles. The van der Waals surface area contributed by atoms with Crippen LogP contribution in [0.15, 0.2) is 109 Å². The molecule has 0 spiro atoms. The van der Waals surface area contributed by atoms with E-state index in [1.165, 1.54) is 15.9 Å². The number of aromatic hydroxyl groups is 2. The van der Waals surface area contributed by atoms with Gasteiger partial charge in [-0.3, -0.25) is 24.1 Å². The molecular formula is C42H37ClN2O7. The third kappa shape index (κ3) is 5.12. The molecule has 0 aromatic heterocycles. The second-order valence-corrected chi connectivity index (χ2v) is 14.4. The molecule has 2 aliphatic heterocycles. The second-order valence-electron chi connectivity index (χ2n) is 14.0. The molecule has 2 N–H and O–H groups in total. The largest absolute Gasteiger partial charge is 0.508 e. The number of phenols is 2. The van der Waals surface area contributed by atoms with Crippen LogP contribution < -0.4 is 9.64 Å². The van der Waals surface area contributed by atoms with Crippen molar-refractivity contribution in [3.63, 3.8) is 0 Å². The van der Waals surface area contributed by atoms with Crippen molar-refractivity contribution in [3.8, 4) is 17.2 Å². The summed E-state index contributed by atoms with van der Waals surface area (Å²) in [4.78, 5) is 61.2. The first-order valence-electron chi connectivity index (χ1n) is 17.6. The van der Waals surface area contributed by atoms with Crippen LogP contribution in [0.3, 0.4) is 0 Å². The van der Waals surface area contributed by atoms with Gasteiger partial charge in [-0.25, -0.2) is 4.90 Å². The molecule has 2 heterocycles. The summed E-state index contributed by atoms with van der Waals surface area (Å²) in [6, 6.07) is 27.7. The van der Waals surface area contributed by atoms with Gasteiger partial charge in [-0.2, -0.15) is 0 Å². The minimum Gasteiger partial charge on any atom is -0.508 e. The van der Waals surface area contributed by atoms with Crippen molar-refractivity contribution in [1.29, 1.82) is 0 Å². The minimum absolute atomic E-state index is 0.0591. The number of phenolic OH excluding ortho intramolecular Hbond substituents is 2. The highest BCUT2D eigenvalue weighted by Crippen LogP contribution is 2.64. The number of likely N-dealkylation sites (tertiary alicyclic amines) is 1. The Morgan fingerprint density at radius 1 is 0.846 bits per heavy atom. The topological polar surface area (TPSA) is 124 Å². The van der Waals surface area contributed by atoms with Crippen LogP contribution in [0.5, 0.6) is 17.2 Å². The van der Waals surface area contributed by atoms with Crippen molar-refractivity contribution in [2.24, 2.45) is 23.7 Å². The maximum absolute atomic E-state index is 15.4. The van der Waals surface area contributed by atoms with E-state index in [-0.39, 0.29) is 42.0 Å². The number of imide groups is 2. The summed E-state index contributed by atoms with van der Waals surface area (Å²) in [5, 5.41) is 20.8. The molecule has 4 amide bonds. The highest BCUT2D eigenvalue weighted by Gasteiger charge is 2.70. The summed E-state index contributed by atoms with van der Waals surface area (Å²) >= 11 is 6.40. The first-order valence-corrected chi connectivity index (χ1v) is 18.0. The molecule has 4 aromatic carbocycles. The molecule has 264 valence electrons. The molecule has 10 heteroatoms. The number of amides is 4. The molecule has 9 nitrogen and oxygen atoms in total. The van der Waals surface area contributed by atoms with Crippen molar-refractivity contribution in [1.82, 2.24) is 4.90 Å². The summed E-state index contributed by atoms with van der Waals surface area (Å²) in [5.41, 5.74) is 1.94. The van der Waals surface area contributed by atoms with Crippen molar-refractivity contribution in [3.05, 3.63) is 130 Å². The molecule has 1 saturated carbocycles. The average Bonchev–Trinajstić information content (AvgIpc) is 3.53. The minimum atomic E-state index is -1.43. The number of anilines is 1. The number of rotatable bonds is 8. The Kier molecular flexibility index (Phi) is 8.41. The number of carbonyl (C=O) groups excluding carboxylic acids is 4. The lowest BCUT2D eigenvalue weighted by atomic mass is 9.49. The molecular weight excluding hydrogens is 680 g/mol. The average molecular weight is 717 g/mol. The third-order valence-electron chi connectivity index (χ3n) is 11.4. The fraction of sp³-hybridized carbons (Fsp3) is 0.286. The Morgan fingerprint density at radius 3 is 2.35 bits per heavy atom. The standard InChI is InChI=1S/C42H37ClN2O7/c1-2-52-35-21-25(13-18-34(35)47)37-30-16-17-31-36(40(50)44(38(31)48)20-19-24-11-14-29(46)15-12-24)32(30)23-33-39(49)45(28-10-6-9-27(43)22-28)41(51)42(33,37)26-7-4-3-5-8-26/h3-16,18,21-22,31-33,36-37,46-47H,2,17,19-20,23H2,1H3/t31-,32+,33-,36-,37-,42+/m0/s1. The molecule has 0 radical (unpaired) electrons. The number of nitrogens with zero attached hydrogens (tertiary/aromatic N) is 2. The van der Waals surface area contributed by atoms with E-state index in [1.807, 2.05) is 43.3 Å². The van der Waals surface area contributed by atoms with Crippen LogP contribution in [0.1, 0.15) is 42.4 Å². The summed E-state index contributed by atoms with van der Waals surface area (Å²) in [6.45, 7) is 2.29. The Hall–Kier alpha value is -5.41. The van der Waals surface area contributed by atoms with Gasteiger partial charge in [0, 0.05) is 17.5 Å². The van der Waals surface area contributed by atoms with Gasteiger partial charge in [0.1, 0.15) is 5.75 Å². The second kappa shape index (κ2) is 13.0. The number of carbonyl (C=O) groups is 4. The van der Waals surface area contributed by atoms with Crippen LogP contribution in [0.25, 0.3) is 0 Å². The van der Waals surface area contributed by atoms with Gasteiger partial charge in [0.15, 0.2) is 11.5 Å². The molecule has 8 rings (SSSR count). The van der Waals surface area contributed by atoms with Gasteiger partial charge in [-0.15, -0.1) is 0 Å². The van der Waals surface area contributed by atoms with E-state index in [0.717, 1.165) is 11.1 Å². The van der Waals surface area contributed by atoms with Crippen molar-refractivity contribution >= 4 is 40.9 Å². The fourth-order valence-corrected chi connectivity index (χ4v) is 9.47. The Balaban J connectivity index is 1.29. The number of allylic oxidation sites excluding steroid dienone is 2. The molecule has 0 bridgehead atoms. The van der Waals surface area contributed by atoms with E-state index < -0.39 is 46.8 Å². The monoisotopic (exact) mass is 716 g/mol. The van der Waals surface area contributed by atoms with Crippen LogP contribution >= 0.6 is 11.6 Å². The molecule has 4 aliphatic rings. The summed E-state index contributed by atoms with van der Waals surface area (Å²) in [5.74, 6) is -4.46. The van der Waals surface area contributed by atoms with E-state index in [9.17, 15) is 24.6 Å². The lowest BCUT2D eigenvalue weighted by molar-refractivity contribution is -0.140. The van der Waals surface area contributed by atoms with Gasteiger partial charge < -0.3 is 14.9 Å². The summed E-state index contributed by atoms with van der Waals surface area (Å²) in [7, 11) is 0. The lowest BCUT2D eigenvalue weighted by Crippen LogP contribution is -2.53. The van der Waals surface area contributed by atoms with Crippen LogP contribution in [0, 0.1) is 23.7 Å². The smallest absolute Gasteiger partial charge is 0.246 e. The van der Waals surface area contributed by atoms with E-state index in [1.54, 1.807) is 60.7 Å². The number of fused-ring (bicyclic) bond motifs is 4. The quantitative estimate of drug-likeness (QED) is 0.157.